The standard InChI is InChI=1S/C13H14F4N2O/c1-6-3-2-4-18-11(6)13(20)19-12-9(16)7(14)5-8(15)10(12)17/h5-6,11,18H,2-4H2,1H3,(H,19,20). The number of carbonyl (C=O) groups excluding carboxylic acids is 1. The molecule has 1 aromatic rings. The van der Waals surface area contributed by atoms with E-state index in [2.05, 4.69) is 5.32 Å². The molecule has 1 amide bonds. The molecule has 1 saturated heterocycles. The fourth-order valence-corrected chi connectivity index (χ4v) is 2.28. The molecule has 2 unspecified atom stereocenters. The zero-order valence-corrected chi connectivity index (χ0v) is 10.8. The first-order chi connectivity index (χ1) is 9.41. The molecule has 2 rings (SSSR count). The average molecular weight is 290 g/mol. The van der Waals surface area contributed by atoms with Gasteiger partial charge < -0.3 is 10.6 Å². The van der Waals surface area contributed by atoms with Crippen molar-refractivity contribution in [3.05, 3.63) is 29.3 Å². The maximum absolute atomic E-state index is 13.5. The molecule has 7 heteroatoms. The largest absolute Gasteiger partial charge is 0.320 e. The van der Waals surface area contributed by atoms with Crippen molar-refractivity contribution < 1.29 is 22.4 Å². The maximum atomic E-state index is 13.5. The van der Waals surface area contributed by atoms with E-state index in [0.717, 1.165) is 12.8 Å². The SMILES string of the molecule is CC1CCCNC1C(=O)Nc1c(F)c(F)cc(F)c1F. The normalized spacial score (nSPS) is 22.6. The van der Waals surface area contributed by atoms with Gasteiger partial charge in [0.05, 0.1) is 6.04 Å². The summed E-state index contributed by atoms with van der Waals surface area (Å²) in [6.45, 7) is 2.42. The van der Waals surface area contributed by atoms with Crippen molar-refractivity contribution in [3.63, 3.8) is 0 Å². The summed E-state index contributed by atoms with van der Waals surface area (Å²) in [7, 11) is 0. The lowest BCUT2D eigenvalue weighted by atomic mass is 9.92. The van der Waals surface area contributed by atoms with Gasteiger partial charge in [0.15, 0.2) is 23.3 Å². The quantitative estimate of drug-likeness (QED) is 0.649. The van der Waals surface area contributed by atoms with E-state index in [1.54, 1.807) is 0 Å². The van der Waals surface area contributed by atoms with Crippen LogP contribution in [0.4, 0.5) is 23.2 Å². The topological polar surface area (TPSA) is 41.1 Å². The molecule has 1 aromatic carbocycles. The van der Waals surface area contributed by atoms with Gasteiger partial charge in [-0.25, -0.2) is 17.6 Å². The summed E-state index contributed by atoms with van der Waals surface area (Å²) in [5, 5.41) is 4.84. The molecule has 20 heavy (non-hydrogen) atoms. The summed E-state index contributed by atoms with van der Waals surface area (Å²) in [6.07, 6.45) is 1.68. The molecule has 2 atom stereocenters. The van der Waals surface area contributed by atoms with Gasteiger partial charge in [-0.1, -0.05) is 6.92 Å². The molecule has 0 radical (unpaired) electrons. The monoisotopic (exact) mass is 290 g/mol. The number of hydrogen-bond acceptors (Lipinski definition) is 2. The van der Waals surface area contributed by atoms with Crippen LogP contribution in [-0.2, 0) is 4.79 Å². The van der Waals surface area contributed by atoms with Crippen molar-refractivity contribution in [1.29, 1.82) is 0 Å². The van der Waals surface area contributed by atoms with Gasteiger partial charge in [0.25, 0.3) is 0 Å². The molecule has 1 heterocycles. The van der Waals surface area contributed by atoms with Crippen LogP contribution in [0.3, 0.4) is 0 Å². The molecule has 1 fully saturated rings. The van der Waals surface area contributed by atoms with Crippen LogP contribution < -0.4 is 10.6 Å². The molecule has 0 saturated carbocycles. The Kier molecular flexibility index (Phi) is 4.27. The van der Waals surface area contributed by atoms with E-state index in [0.29, 0.717) is 6.54 Å². The third-order valence-electron chi connectivity index (χ3n) is 3.41. The van der Waals surface area contributed by atoms with Crippen molar-refractivity contribution in [1.82, 2.24) is 5.32 Å². The lowest BCUT2D eigenvalue weighted by Gasteiger charge is -2.29. The Bertz CT molecular complexity index is 509. The maximum Gasteiger partial charge on any atom is 0.241 e. The molecular weight excluding hydrogens is 276 g/mol. The highest BCUT2D eigenvalue weighted by atomic mass is 19.2. The fourth-order valence-electron chi connectivity index (χ4n) is 2.28. The number of carbonyl (C=O) groups is 1. The number of anilines is 1. The first-order valence-corrected chi connectivity index (χ1v) is 6.29. The second-order valence-electron chi connectivity index (χ2n) is 4.88. The van der Waals surface area contributed by atoms with Gasteiger partial charge in [0.1, 0.15) is 5.69 Å². The van der Waals surface area contributed by atoms with Crippen molar-refractivity contribution in [2.24, 2.45) is 5.92 Å². The van der Waals surface area contributed by atoms with Gasteiger partial charge >= 0.3 is 0 Å². The molecule has 1 aliphatic heterocycles. The molecule has 110 valence electrons. The summed E-state index contributed by atoms with van der Waals surface area (Å²) in [6, 6.07) is -0.546. The number of nitrogens with one attached hydrogen (secondary N) is 2. The lowest BCUT2D eigenvalue weighted by molar-refractivity contribution is -0.119. The van der Waals surface area contributed by atoms with Crippen LogP contribution in [0.2, 0.25) is 0 Å². The molecule has 1 aliphatic rings. The van der Waals surface area contributed by atoms with E-state index in [1.165, 1.54) is 0 Å². The van der Waals surface area contributed by atoms with Gasteiger partial charge in [0.2, 0.25) is 5.91 Å². The summed E-state index contributed by atoms with van der Waals surface area (Å²) < 4.78 is 53.0. The Morgan fingerprint density at radius 3 is 2.40 bits per heavy atom. The molecular formula is C13H14F4N2O. The van der Waals surface area contributed by atoms with Gasteiger partial charge in [-0.15, -0.1) is 0 Å². The van der Waals surface area contributed by atoms with E-state index in [4.69, 9.17) is 0 Å². The van der Waals surface area contributed by atoms with E-state index in [9.17, 15) is 22.4 Å². The third-order valence-corrected chi connectivity index (χ3v) is 3.41. The second kappa shape index (κ2) is 5.78. The number of halogens is 4. The van der Waals surface area contributed by atoms with E-state index in [-0.39, 0.29) is 12.0 Å². The first kappa shape index (κ1) is 14.8. The lowest BCUT2D eigenvalue weighted by Crippen LogP contribution is -2.48. The fraction of sp³-hybridized carbons (Fsp3) is 0.462. The van der Waals surface area contributed by atoms with Crippen molar-refractivity contribution in [3.8, 4) is 0 Å². The highest BCUT2D eigenvalue weighted by Crippen LogP contribution is 2.25. The molecule has 2 N–H and O–H groups in total. The minimum Gasteiger partial charge on any atom is -0.320 e. The van der Waals surface area contributed by atoms with E-state index < -0.39 is 40.9 Å². The number of amides is 1. The number of benzene rings is 1. The van der Waals surface area contributed by atoms with Crippen LogP contribution >= 0.6 is 0 Å². The highest BCUT2D eigenvalue weighted by molar-refractivity contribution is 5.95. The van der Waals surface area contributed by atoms with E-state index >= 15 is 0 Å². The summed E-state index contributed by atoms with van der Waals surface area (Å²) in [4.78, 5) is 12.0. The number of piperidine rings is 1. The van der Waals surface area contributed by atoms with Crippen LogP contribution in [0.15, 0.2) is 6.07 Å². The zero-order valence-electron chi connectivity index (χ0n) is 10.8. The summed E-state index contributed by atoms with van der Waals surface area (Å²) >= 11 is 0. The Morgan fingerprint density at radius 2 is 1.85 bits per heavy atom. The second-order valence-corrected chi connectivity index (χ2v) is 4.88. The third kappa shape index (κ3) is 2.77. The minimum atomic E-state index is -1.61. The highest BCUT2D eigenvalue weighted by Gasteiger charge is 2.29. The van der Waals surface area contributed by atoms with E-state index in [1.807, 2.05) is 12.2 Å². The Hall–Kier alpha value is -1.63. The first-order valence-electron chi connectivity index (χ1n) is 6.29. The minimum absolute atomic E-state index is 0.0340. The molecule has 0 spiro atoms. The van der Waals surface area contributed by atoms with Crippen molar-refractivity contribution in [2.45, 2.75) is 25.8 Å². The van der Waals surface area contributed by atoms with Gasteiger partial charge in [0, 0.05) is 6.07 Å². The number of hydrogen-bond donors (Lipinski definition) is 2. The predicted molar refractivity (Wildman–Crippen MR) is 65.1 cm³/mol. The Morgan fingerprint density at radius 1 is 1.25 bits per heavy atom. The predicted octanol–water partition coefficient (Wildman–Crippen LogP) is 2.57. The van der Waals surface area contributed by atoms with Gasteiger partial charge in [-0.2, -0.15) is 0 Å². The average Bonchev–Trinajstić information content (AvgIpc) is 2.41. The smallest absolute Gasteiger partial charge is 0.241 e. The van der Waals surface area contributed by atoms with Crippen LogP contribution in [-0.4, -0.2) is 18.5 Å². The van der Waals surface area contributed by atoms with Crippen LogP contribution in [0.25, 0.3) is 0 Å². The Labute approximate surface area is 113 Å². The summed E-state index contributed by atoms with van der Waals surface area (Å²) in [5.41, 5.74) is -1.09. The van der Waals surface area contributed by atoms with Crippen molar-refractivity contribution >= 4 is 11.6 Å². The summed E-state index contributed by atoms with van der Waals surface area (Å²) in [5.74, 6) is -7.07. The molecule has 0 bridgehead atoms. The van der Waals surface area contributed by atoms with Gasteiger partial charge in [-0.3, -0.25) is 4.79 Å². The molecule has 0 aliphatic carbocycles. The van der Waals surface area contributed by atoms with Crippen LogP contribution in [0, 0.1) is 29.2 Å². The zero-order chi connectivity index (χ0) is 14.9. The Balaban J connectivity index is 2.23. The van der Waals surface area contributed by atoms with Crippen molar-refractivity contribution in [2.75, 3.05) is 11.9 Å². The molecule has 0 aromatic heterocycles. The van der Waals surface area contributed by atoms with Crippen LogP contribution in [0.1, 0.15) is 19.8 Å². The van der Waals surface area contributed by atoms with Gasteiger partial charge in [-0.05, 0) is 25.3 Å². The molecule has 3 nitrogen and oxygen atoms in total. The number of rotatable bonds is 2. The van der Waals surface area contributed by atoms with Crippen LogP contribution in [0.5, 0.6) is 0 Å².